The van der Waals surface area contributed by atoms with E-state index >= 15 is 0 Å². The van der Waals surface area contributed by atoms with Crippen molar-refractivity contribution in [3.8, 4) is 5.75 Å². The number of methoxy groups -OCH3 is 1. The lowest BCUT2D eigenvalue weighted by molar-refractivity contribution is 0.414. The molecule has 124 valence electrons. The van der Waals surface area contributed by atoms with Crippen molar-refractivity contribution in [2.75, 3.05) is 18.0 Å². The van der Waals surface area contributed by atoms with Gasteiger partial charge in [0, 0.05) is 12.6 Å². The summed E-state index contributed by atoms with van der Waals surface area (Å²) in [4.78, 5) is 13.8. The number of rotatable bonds is 3. The number of aromatic nitrogens is 1. The van der Waals surface area contributed by atoms with Crippen molar-refractivity contribution in [3.63, 3.8) is 0 Å². The summed E-state index contributed by atoms with van der Waals surface area (Å²) >= 11 is 0. The van der Waals surface area contributed by atoms with Gasteiger partial charge in [0.25, 0.3) is 10.0 Å². The summed E-state index contributed by atoms with van der Waals surface area (Å²) in [5, 5.41) is 0. The Morgan fingerprint density at radius 2 is 2.04 bits per heavy atom. The van der Waals surface area contributed by atoms with E-state index in [1.54, 1.807) is 19.2 Å². The summed E-state index contributed by atoms with van der Waals surface area (Å²) < 4.78 is 37.4. The minimum Gasteiger partial charge on any atom is -0.497 e. The number of oxazole rings is 1. The van der Waals surface area contributed by atoms with Crippen LogP contribution in [0.3, 0.4) is 0 Å². The molecule has 0 bridgehead atoms. The van der Waals surface area contributed by atoms with E-state index in [-0.39, 0.29) is 10.5 Å². The Hall–Kier alpha value is -2.74. The highest BCUT2D eigenvalue weighted by Gasteiger charge is 2.31. The summed E-state index contributed by atoms with van der Waals surface area (Å²) in [6.45, 7) is 0.361. The van der Waals surface area contributed by atoms with Crippen molar-refractivity contribution in [3.05, 3.63) is 52.5 Å². The number of nitrogens with one attached hydrogen (secondary N) is 1. The Morgan fingerprint density at radius 1 is 1.21 bits per heavy atom. The predicted molar refractivity (Wildman–Crippen MR) is 88.1 cm³/mol. The van der Waals surface area contributed by atoms with Crippen LogP contribution in [0.1, 0.15) is 5.56 Å². The summed E-state index contributed by atoms with van der Waals surface area (Å²) in [6.07, 6.45) is 0.618. The maximum Gasteiger partial charge on any atom is 0.417 e. The van der Waals surface area contributed by atoms with Crippen molar-refractivity contribution in [2.24, 2.45) is 0 Å². The summed E-state index contributed by atoms with van der Waals surface area (Å²) in [5.41, 5.74) is 2.25. The number of benzene rings is 2. The SMILES string of the molecule is COc1ccc2c(c1)CCN2S(=O)(=O)c1ccc2[nH]c(=O)oc2c1. The fourth-order valence-electron chi connectivity index (χ4n) is 2.94. The molecule has 4 rings (SSSR count). The summed E-state index contributed by atoms with van der Waals surface area (Å²) in [7, 11) is -2.16. The van der Waals surface area contributed by atoms with Gasteiger partial charge in [0.2, 0.25) is 0 Å². The first-order chi connectivity index (χ1) is 11.5. The molecule has 24 heavy (non-hydrogen) atoms. The van der Waals surface area contributed by atoms with Crippen molar-refractivity contribution >= 4 is 26.8 Å². The molecule has 0 fully saturated rings. The largest absolute Gasteiger partial charge is 0.497 e. The maximum atomic E-state index is 13.0. The number of hydrogen-bond donors (Lipinski definition) is 1. The van der Waals surface area contributed by atoms with E-state index in [2.05, 4.69) is 4.98 Å². The first-order valence-corrected chi connectivity index (χ1v) is 8.75. The predicted octanol–water partition coefficient (Wildman–Crippen LogP) is 1.88. The number of H-pyrrole nitrogens is 1. The third-order valence-electron chi connectivity index (χ3n) is 4.12. The van der Waals surface area contributed by atoms with E-state index in [1.807, 2.05) is 6.07 Å². The van der Waals surface area contributed by atoms with E-state index in [9.17, 15) is 13.2 Å². The second-order valence-corrected chi connectivity index (χ2v) is 7.36. The molecule has 1 N–H and O–H groups in total. The standard InChI is InChI=1S/C16H14N2O5S/c1-22-11-2-5-14-10(8-11)6-7-18(14)24(20,21)12-3-4-13-15(9-12)23-16(19)17-13/h2-5,8-9H,6-7H2,1H3,(H,17,19). The monoisotopic (exact) mass is 346 g/mol. The van der Waals surface area contributed by atoms with Crippen molar-refractivity contribution in [1.82, 2.24) is 4.98 Å². The molecule has 0 amide bonds. The lowest BCUT2D eigenvalue weighted by Crippen LogP contribution is -2.29. The minimum atomic E-state index is -3.74. The van der Waals surface area contributed by atoms with Gasteiger partial charge >= 0.3 is 5.76 Å². The molecule has 0 aliphatic carbocycles. The van der Waals surface area contributed by atoms with E-state index in [0.29, 0.717) is 29.9 Å². The van der Waals surface area contributed by atoms with Crippen LogP contribution in [0.25, 0.3) is 11.1 Å². The van der Waals surface area contributed by atoms with Gasteiger partial charge in [0.1, 0.15) is 5.75 Å². The molecule has 2 heterocycles. The van der Waals surface area contributed by atoms with Crippen molar-refractivity contribution in [2.45, 2.75) is 11.3 Å². The molecule has 8 heteroatoms. The molecule has 1 aromatic heterocycles. The molecule has 2 aromatic carbocycles. The average Bonchev–Trinajstić information content (AvgIpc) is 3.15. The molecule has 0 saturated carbocycles. The normalized spacial score (nSPS) is 14.1. The topological polar surface area (TPSA) is 92.6 Å². The molecular formula is C16H14N2O5S. The molecule has 1 aliphatic rings. The molecule has 0 saturated heterocycles. The van der Waals surface area contributed by atoms with Gasteiger partial charge in [-0.25, -0.2) is 13.2 Å². The number of fused-ring (bicyclic) bond motifs is 2. The van der Waals surface area contributed by atoms with E-state index in [0.717, 1.165) is 5.56 Å². The first kappa shape index (κ1) is 14.8. The second-order valence-electron chi connectivity index (χ2n) is 5.49. The van der Waals surface area contributed by atoms with Crippen LogP contribution in [0.4, 0.5) is 5.69 Å². The summed E-state index contributed by atoms with van der Waals surface area (Å²) in [6, 6.07) is 9.68. The molecule has 3 aromatic rings. The number of ether oxygens (including phenoxy) is 1. The molecule has 0 radical (unpaired) electrons. The zero-order valence-electron chi connectivity index (χ0n) is 12.8. The van der Waals surface area contributed by atoms with Gasteiger partial charge in [0.05, 0.1) is 23.2 Å². The van der Waals surface area contributed by atoms with Crippen molar-refractivity contribution in [1.29, 1.82) is 0 Å². The van der Waals surface area contributed by atoms with Crippen LogP contribution in [0, 0.1) is 0 Å². The third-order valence-corrected chi connectivity index (χ3v) is 5.93. The molecule has 0 atom stereocenters. The van der Waals surface area contributed by atoms with Crippen molar-refractivity contribution < 1.29 is 17.6 Å². The van der Waals surface area contributed by atoms with Gasteiger partial charge < -0.3 is 9.15 Å². The Morgan fingerprint density at radius 3 is 2.83 bits per heavy atom. The van der Waals surface area contributed by atoms with Gasteiger partial charge in [-0.15, -0.1) is 0 Å². The Labute approximate surface area is 137 Å². The molecule has 7 nitrogen and oxygen atoms in total. The van der Waals surface area contributed by atoms with Gasteiger partial charge in [-0.05, 0) is 42.3 Å². The number of nitrogens with zero attached hydrogens (tertiary/aromatic N) is 1. The maximum absolute atomic E-state index is 13.0. The minimum absolute atomic E-state index is 0.0846. The smallest absolute Gasteiger partial charge is 0.417 e. The number of sulfonamides is 1. The zero-order valence-corrected chi connectivity index (χ0v) is 13.6. The number of aromatic amines is 1. The van der Waals surface area contributed by atoms with Gasteiger partial charge in [-0.2, -0.15) is 0 Å². The molecule has 1 aliphatic heterocycles. The van der Waals surface area contributed by atoms with Crippen LogP contribution in [0.15, 0.2) is 50.5 Å². The highest BCUT2D eigenvalue weighted by Crippen LogP contribution is 2.35. The second kappa shape index (κ2) is 5.13. The van der Waals surface area contributed by atoms with E-state index in [4.69, 9.17) is 9.15 Å². The van der Waals surface area contributed by atoms with Gasteiger partial charge in [-0.1, -0.05) is 0 Å². The van der Waals surface area contributed by atoms with Crippen LogP contribution >= 0.6 is 0 Å². The first-order valence-electron chi connectivity index (χ1n) is 7.31. The van der Waals surface area contributed by atoms with Gasteiger partial charge in [-0.3, -0.25) is 9.29 Å². The zero-order chi connectivity index (χ0) is 16.9. The number of hydrogen-bond acceptors (Lipinski definition) is 5. The van der Waals surface area contributed by atoms with Crippen LogP contribution in [0.5, 0.6) is 5.75 Å². The van der Waals surface area contributed by atoms with E-state index in [1.165, 1.54) is 22.5 Å². The fourth-order valence-corrected chi connectivity index (χ4v) is 4.46. The lowest BCUT2D eigenvalue weighted by atomic mass is 10.1. The fraction of sp³-hybridized carbons (Fsp3) is 0.188. The third kappa shape index (κ3) is 2.18. The van der Waals surface area contributed by atoms with Gasteiger partial charge in [0.15, 0.2) is 5.58 Å². The highest BCUT2D eigenvalue weighted by molar-refractivity contribution is 7.92. The number of anilines is 1. The Kier molecular flexibility index (Phi) is 3.17. The van der Waals surface area contributed by atoms with Crippen LogP contribution in [-0.2, 0) is 16.4 Å². The average molecular weight is 346 g/mol. The van der Waals surface area contributed by atoms with Crippen LogP contribution < -0.4 is 14.8 Å². The highest BCUT2D eigenvalue weighted by atomic mass is 32.2. The van der Waals surface area contributed by atoms with E-state index < -0.39 is 15.8 Å². The molecular weight excluding hydrogens is 332 g/mol. The molecule has 0 spiro atoms. The lowest BCUT2D eigenvalue weighted by Gasteiger charge is -2.19. The van der Waals surface area contributed by atoms with Crippen LogP contribution in [0.2, 0.25) is 0 Å². The quantitative estimate of drug-likeness (QED) is 0.782. The molecule has 0 unspecified atom stereocenters. The summed E-state index contributed by atoms with van der Waals surface area (Å²) in [5.74, 6) is 0.0849. The Balaban J connectivity index is 1.79. The Bertz CT molecular complexity index is 1100. The van der Waals surface area contributed by atoms with Crippen LogP contribution in [-0.4, -0.2) is 27.1 Å².